The highest BCUT2D eigenvalue weighted by molar-refractivity contribution is 6.07. The number of rotatable bonds is 5. The second kappa shape index (κ2) is 10.6. The van der Waals surface area contributed by atoms with E-state index in [1.807, 2.05) is 0 Å². The molecule has 198 valence electrons. The minimum Gasteiger partial charge on any atom is -0.466 e. The number of hydrogen-bond donors (Lipinski definition) is 1. The third-order valence-corrected chi connectivity index (χ3v) is 6.52. The van der Waals surface area contributed by atoms with E-state index >= 15 is 0 Å². The number of para-hydroxylation sites is 2. The first kappa shape index (κ1) is 25.9. The largest absolute Gasteiger partial charge is 0.466 e. The smallest absolute Gasteiger partial charge is 0.355 e. The van der Waals surface area contributed by atoms with Crippen molar-refractivity contribution in [3.8, 4) is 17.5 Å². The number of carbonyl (C=O) groups is 2. The Morgan fingerprint density at radius 2 is 1.60 bits per heavy atom. The van der Waals surface area contributed by atoms with E-state index in [1.54, 1.807) is 78.9 Å². The fraction of sp³-hybridized carbons (Fsp3) is 0.100. The first-order valence-corrected chi connectivity index (χ1v) is 12.1. The molecule has 1 aliphatic heterocycles. The molecule has 0 amide bonds. The van der Waals surface area contributed by atoms with Gasteiger partial charge in [0, 0.05) is 0 Å². The summed E-state index contributed by atoms with van der Waals surface area (Å²) in [6.07, 6.45) is 0. The Balaban J connectivity index is 1.84. The lowest BCUT2D eigenvalue weighted by molar-refractivity contribution is -0.139. The molecule has 0 aliphatic carbocycles. The number of nitrogens with zero attached hydrogens (tertiary/aromatic N) is 3. The molecular weight excluding hydrogens is 512 g/mol. The van der Waals surface area contributed by atoms with Gasteiger partial charge in [0.25, 0.3) is 0 Å². The zero-order chi connectivity index (χ0) is 28.4. The van der Waals surface area contributed by atoms with Gasteiger partial charge in [-0.25, -0.2) is 19.4 Å². The summed E-state index contributed by atoms with van der Waals surface area (Å²) in [6, 6.07) is 24.0. The number of benzene rings is 3. The van der Waals surface area contributed by atoms with Gasteiger partial charge in [0.2, 0.25) is 5.89 Å². The number of nitrogens with two attached hydrogens (primary N) is 1. The molecule has 0 spiro atoms. The number of hydrogen-bond acceptors (Lipinski definition) is 10. The van der Waals surface area contributed by atoms with Crippen LogP contribution in [0.1, 0.15) is 11.5 Å². The van der Waals surface area contributed by atoms with Crippen molar-refractivity contribution in [1.82, 2.24) is 4.98 Å². The standard InChI is InChI=1S/C30H22N4O6/c1-38-29(36)24-23(17-10-4-3-5-11-17)20(16-31)26(32)34(25(24)30(37)39-2)22-15-9-7-13-19(22)27-33-21-14-8-6-12-18(21)28(35)40-27/h3-15,23H,32H2,1-2H3. The first-order valence-electron chi connectivity index (χ1n) is 12.1. The Kier molecular flexibility index (Phi) is 6.87. The van der Waals surface area contributed by atoms with Crippen LogP contribution >= 0.6 is 0 Å². The molecule has 0 radical (unpaired) electrons. The maximum absolute atomic E-state index is 13.4. The molecule has 40 heavy (non-hydrogen) atoms. The maximum atomic E-state index is 13.4. The molecule has 1 atom stereocenters. The summed E-state index contributed by atoms with van der Waals surface area (Å²) in [7, 11) is 2.33. The van der Waals surface area contributed by atoms with Crippen LogP contribution in [0.25, 0.3) is 22.4 Å². The molecule has 2 N–H and O–H groups in total. The van der Waals surface area contributed by atoms with Crippen molar-refractivity contribution >= 4 is 28.5 Å². The predicted molar refractivity (Wildman–Crippen MR) is 145 cm³/mol. The van der Waals surface area contributed by atoms with Gasteiger partial charge in [-0.1, -0.05) is 54.6 Å². The number of nitriles is 1. The SMILES string of the molecule is COC(=O)C1=C(C(=O)OC)N(c2ccccc2-c2nc3ccccc3c(=O)o2)C(N)=C(C#N)C1c1ccccc1. The Hall–Kier alpha value is -5.69. The van der Waals surface area contributed by atoms with E-state index in [4.69, 9.17) is 19.6 Å². The molecule has 2 heterocycles. The minimum atomic E-state index is -1.02. The summed E-state index contributed by atoms with van der Waals surface area (Å²) in [5, 5.41) is 10.6. The zero-order valence-electron chi connectivity index (χ0n) is 21.5. The average molecular weight is 535 g/mol. The second-order valence-corrected chi connectivity index (χ2v) is 8.68. The van der Waals surface area contributed by atoms with E-state index in [-0.39, 0.29) is 39.8 Å². The summed E-state index contributed by atoms with van der Waals surface area (Å²) in [6.45, 7) is 0. The van der Waals surface area contributed by atoms with Gasteiger partial charge in [-0.2, -0.15) is 5.26 Å². The predicted octanol–water partition coefficient (Wildman–Crippen LogP) is 3.75. The van der Waals surface area contributed by atoms with Crippen LogP contribution in [-0.2, 0) is 19.1 Å². The van der Waals surface area contributed by atoms with Crippen molar-refractivity contribution in [2.75, 3.05) is 19.1 Å². The average Bonchev–Trinajstić information content (AvgIpc) is 3.00. The van der Waals surface area contributed by atoms with Crippen LogP contribution in [0, 0.1) is 11.3 Å². The molecule has 1 aliphatic rings. The lowest BCUT2D eigenvalue weighted by Gasteiger charge is -2.36. The summed E-state index contributed by atoms with van der Waals surface area (Å²) in [4.78, 5) is 45.2. The van der Waals surface area contributed by atoms with E-state index in [9.17, 15) is 19.6 Å². The highest BCUT2D eigenvalue weighted by atomic mass is 16.5. The van der Waals surface area contributed by atoms with Crippen molar-refractivity contribution in [2.45, 2.75) is 5.92 Å². The van der Waals surface area contributed by atoms with Crippen molar-refractivity contribution in [1.29, 1.82) is 5.26 Å². The summed E-state index contributed by atoms with van der Waals surface area (Å²) in [5.74, 6) is -2.95. The van der Waals surface area contributed by atoms with E-state index in [1.165, 1.54) is 12.0 Å². The molecular formula is C30H22N4O6. The number of fused-ring (bicyclic) bond motifs is 1. The first-order chi connectivity index (χ1) is 19.4. The molecule has 0 bridgehead atoms. The Morgan fingerprint density at radius 1 is 0.950 bits per heavy atom. The van der Waals surface area contributed by atoms with E-state index in [0.717, 1.165) is 7.11 Å². The van der Waals surface area contributed by atoms with Crippen molar-refractivity contribution in [2.24, 2.45) is 5.73 Å². The highest BCUT2D eigenvalue weighted by Crippen LogP contribution is 2.45. The third-order valence-electron chi connectivity index (χ3n) is 6.52. The quantitative estimate of drug-likeness (QED) is 0.375. The topological polar surface area (TPSA) is 149 Å². The van der Waals surface area contributed by atoms with E-state index in [2.05, 4.69) is 11.1 Å². The Labute approximate surface area is 228 Å². The molecule has 4 aromatic rings. The van der Waals surface area contributed by atoms with Crippen LogP contribution in [0.3, 0.4) is 0 Å². The molecule has 10 heteroatoms. The van der Waals surface area contributed by atoms with E-state index in [0.29, 0.717) is 16.5 Å². The number of ether oxygens (including phenoxy) is 2. The summed E-state index contributed by atoms with van der Waals surface area (Å²) in [5.41, 5.74) is 7.04. The van der Waals surface area contributed by atoms with Gasteiger partial charge in [-0.3, -0.25) is 4.90 Å². The van der Waals surface area contributed by atoms with Gasteiger partial charge in [0.15, 0.2) is 0 Å². The summed E-state index contributed by atoms with van der Waals surface area (Å²) >= 11 is 0. The number of allylic oxidation sites excluding steroid dienone is 1. The van der Waals surface area contributed by atoms with E-state index < -0.39 is 23.5 Å². The van der Waals surface area contributed by atoms with Crippen LogP contribution in [-0.4, -0.2) is 31.1 Å². The lowest BCUT2D eigenvalue weighted by atomic mass is 9.80. The van der Waals surface area contributed by atoms with Gasteiger partial charge >= 0.3 is 17.6 Å². The van der Waals surface area contributed by atoms with Crippen LogP contribution < -0.4 is 16.3 Å². The van der Waals surface area contributed by atoms with Gasteiger partial charge in [0.1, 0.15) is 11.5 Å². The summed E-state index contributed by atoms with van der Waals surface area (Å²) < 4.78 is 15.7. The molecule has 3 aromatic carbocycles. The van der Waals surface area contributed by atoms with Crippen LogP contribution in [0.4, 0.5) is 5.69 Å². The molecule has 1 aromatic heterocycles. The molecule has 0 saturated carbocycles. The minimum absolute atomic E-state index is 0.00183. The van der Waals surface area contributed by atoms with Gasteiger partial charge in [-0.15, -0.1) is 0 Å². The van der Waals surface area contributed by atoms with Gasteiger partial charge in [-0.05, 0) is 29.8 Å². The van der Waals surface area contributed by atoms with Crippen molar-refractivity contribution in [3.63, 3.8) is 0 Å². The fourth-order valence-corrected chi connectivity index (χ4v) is 4.75. The number of carbonyl (C=O) groups excluding carboxylic acids is 2. The molecule has 0 saturated heterocycles. The molecule has 0 fully saturated rings. The lowest BCUT2D eigenvalue weighted by Crippen LogP contribution is -2.41. The second-order valence-electron chi connectivity index (χ2n) is 8.68. The highest BCUT2D eigenvalue weighted by Gasteiger charge is 2.43. The maximum Gasteiger partial charge on any atom is 0.355 e. The number of methoxy groups -OCH3 is 2. The van der Waals surface area contributed by atoms with Gasteiger partial charge in [0.05, 0.1) is 59.5 Å². The molecule has 1 unspecified atom stereocenters. The normalized spacial score (nSPS) is 15.1. The van der Waals surface area contributed by atoms with Crippen LogP contribution in [0.2, 0.25) is 0 Å². The third kappa shape index (κ3) is 4.25. The van der Waals surface area contributed by atoms with Crippen LogP contribution in [0.15, 0.2) is 111 Å². The number of aromatic nitrogens is 1. The van der Waals surface area contributed by atoms with Crippen molar-refractivity contribution < 1.29 is 23.5 Å². The van der Waals surface area contributed by atoms with Crippen LogP contribution in [0.5, 0.6) is 0 Å². The number of anilines is 1. The van der Waals surface area contributed by atoms with Crippen molar-refractivity contribution in [3.05, 3.63) is 118 Å². The Bertz CT molecular complexity index is 1820. The Morgan fingerprint density at radius 3 is 2.30 bits per heavy atom. The zero-order valence-corrected chi connectivity index (χ0v) is 21.5. The number of esters is 2. The van der Waals surface area contributed by atoms with Gasteiger partial charge < -0.3 is 19.6 Å². The molecule has 5 rings (SSSR count). The molecule has 10 nitrogen and oxygen atoms in total. The monoisotopic (exact) mass is 534 g/mol. The fourth-order valence-electron chi connectivity index (χ4n) is 4.75.